The molecule has 0 spiro atoms. The lowest BCUT2D eigenvalue weighted by Gasteiger charge is -2.26. The molecule has 2 heterocycles. The predicted octanol–water partition coefficient (Wildman–Crippen LogP) is 2.42. The summed E-state index contributed by atoms with van der Waals surface area (Å²) in [6.07, 6.45) is 3.95. The molecule has 6 nitrogen and oxygen atoms in total. The van der Waals surface area contributed by atoms with E-state index in [1.807, 2.05) is 26.8 Å². The quantitative estimate of drug-likeness (QED) is 0.637. The maximum Gasteiger partial charge on any atom is 0.325 e. The maximum absolute atomic E-state index is 13.1. The largest absolute Gasteiger partial charge is 0.349 e. The average molecular weight is 343 g/mol. The third-order valence-corrected chi connectivity index (χ3v) is 6.09. The van der Waals surface area contributed by atoms with E-state index in [-0.39, 0.29) is 30.1 Å². The molecule has 0 aromatic carbocycles. The Kier molecular flexibility index (Phi) is 3.56. The second kappa shape index (κ2) is 5.44. The third kappa shape index (κ3) is 2.34. The summed E-state index contributed by atoms with van der Waals surface area (Å²) < 4.78 is 2.07. The van der Waals surface area contributed by atoms with Gasteiger partial charge in [-0.3, -0.25) is 14.5 Å². The van der Waals surface area contributed by atoms with Crippen LogP contribution in [-0.2, 0) is 11.3 Å². The number of carbonyl (C=O) groups excluding carboxylic acids is 3. The number of rotatable bonds is 6. The Labute approximate surface area is 147 Å². The minimum Gasteiger partial charge on any atom is -0.349 e. The van der Waals surface area contributed by atoms with Gasteiger partial charge in [-0.15, -0.1) is 0 Å². The van der Waals surface area contributed by atoms with Gasteiger partial charge in [-0.1, -0.05) is 0 Å². The summed E-state index contributed by atoms with van der Waals surface area (Å²) in [6.45, 7) is 6.53. The van der Waals surface area contributed by atoms with Crippen molar-refractivity contribution in [2.24, 2.45) is 11.8 Å². The van der Waals surface area contributed by atoms with E-state index < -0.39 is 11.6 Å². The van der Waals surface area contributed by atoms with Crippen LogP contribution in [0.2, 0.25) is 0 Å². The van der Waals surface area contributed by atoms with Gasteiger partial charge in [-0.2, -0.15) is 0 Å². The number of urea groups is 1. The number of hydrogen-bond acceptors (Lipinski definition) is 3. The molecule has 3 fully saturated rings. The summed E-state index contributed by atoms with van der Waals surface area (Å²) in [6, 6.07) is 1.45. The van der Waals surface area contributed by atoms with E-state index in [1.165, 1.54) is 0 Å². The molecule has 1 N–H and O–H groups in total. The highest BCUT2D eigenvalue weighted by molar-refractivity contribution is 6.12. The van der Waals surface area contributed by atoms with Crippen molar-refractivity contribution in [3.8, 4) is 0 Å². The standard InChI is InChI=1S/C19H25N3O3/c1-4-21-11(2)9-15(12(21)3)16(23)10-22-17(24)19(13-5-6-13,14-7-8-14)20-18(22)25/h9,13-14H,4-8,10H2,1-3H3,(H,20,25). The molecule has 0 bridgehead atoms. The van der Waals surface area contributed by atoms with E-state index in [9.17, 15) is 14.4 Å². The highest BCUT2D eigenvalue weighted by Gasteiger charge is 2.65. The van der Waals surface area contributed by atoms with E-state index in [4.69, 9.17) is 0 Å². The fraction of sp³-hybridized carbons (Fsp3) is 0.632. The van der Waals surface area contributed by atoms with Crippen molar-refractivity contribution >= 4 is 17.7 Å². The second-order valence-electron chi connectivity index (χ2n) is 7.69. The normalized spacial score (nSPS) is 22.4. The number of aryl methyl sites for hydroxylation is 1. The van der Waals surface area contributed by atoms with Crippen molar-refractivity contribution in [3.63, 3.8) is 0 Å². The minimum atomic E-state index is -0.725. The molecule has 0 atom stereocenters. The van der Waals surface area contributed by atoms with Crippen LogP contribution in [0.4, 0.5) is 4.79 Å². The first-order chi connectivity index (χ1) is 11.9. The molecule has 4 rings (SSSR count). The molecule has 0 unspecified atom stereocenters. The number of aromatic nitrogens is 1. The van der Waals surface area contributed by atoms with E-state index in [0.717, 1.165) is 48.5 Å². The molecule has 1 aliphatic heterocycles. The molecule has 1 aromatic heterocycles. The van der Waals surface area contributed by atoms with Gasteiger partial charge in [0.15, 0.2) is 5.78 Å². The molecule has 134 valence electrons. The van der Waals surface area contributed by atoms with Crippen LogP contribution in [-0.4, -0.2) is 39.3 Å². The van der Waals surface area contributed by atoms with Gasteiger partial charge in [0, 0.05) is 23.5 Å². The lowest BCUT2D eigenvalue weighted by molar-refractivity contribution is -0.132. The molecule has 6 heteroatoms. The molecule has 0 radical (unpaired) electrons. The monoisotopic (exact) mass is 343 g/mol. The van der Waals surface area contributed by atoms with E-state index in [2.05, 4.69) is 9.88 Å². The molecule has 3 aliphatic rings. The number of carbonyl (C=O) groups is 3. The van der Waals surface area contributed by atoms with E-state index >= 15 is 0 Å². The summed E-state index contributed by atoms with van der Waals surface area (Å²) in [7, 11) is 0. The van der Waals surface area contributed by atoms with Crippen molar-refractivity contribution in [2.75, 3.05) is 6.54 Å². The molecular weight excluding hydrogens is 318 g/mol. The summed E-state index contributed by atoms with van der Waals surface area (Å²) in [5, 5.41) is 2.97. The molecule has 3 amide bonds. The Morgan fingerprint density at radius 3 is 2.28 bits per heavy atom. The number of hydrogen-bond donors (Lipinski definition) is 1. The van der Waals surface area contributed by atoms with Crippen LogP contribution >= 0.6 is 0 Å². The highest BCUT2D eigenvalue weighted by Crippen LogP contribution is 2.54. The number of amides is 3. The maximum atomic E-state index is 13.1. The van der Waals surface area contributed by atoms with Crippen molar-refractivity contribution < 1.29 is 14.4 Å². The van der Waals surface area contributed by atoms with Crippen LogP contribution in [0.25, 0.3) is 0 Å². The van der Waals surface area contributed by atoms with Gasteiger partial charge < -0.3 is 9.88 Å². The molecular formula is C19H25N3O3. The summed E-state index contributed by atoms with van der Waals surface area (Å²) >= 11 is 0. The lowest BCUT2D eigenvalue weighted by atomic mass is 9.87. The molecule has 2 aliphatic carbocycles. The van der Waals surface area contributed by atoms with Gasteiger partial charge in [-0.05, 0) is 64.4 Å². The summed E-state index contributed by atoms with van der Waals surface area (Å²) in [5.74, 6) is 0.155. The SMILES string of the molecule is CCn1c(C)cc(C(=O)CN2C(=O)NC(C3CC3)(C3CC3)C2=O)c1C. The number of imide groups is 1. The minimum absolute atomic E-state index is 0.167. The van der Waals surface area contributed by atoms with Gasteiger partial charge in [0.05, 0.1) is 6.54 Å². The zero-order valence-electron chi connectivity index (χ0n) is 15.1. The predicted molar refractivity (Wildman–Crippen MR) is 92.3 cm³/mol. The average Bonchev–Trinajstić information content (AvgIpc) is 3.47. The Balaban J connectivity index is 1.57. The van der Waals surface area contributed by atoms with Crippen LogP contribution in [0.3, 0.4) is 0 Å². The number of ketones is 1. The number of nitrogens with zero attached hydrogens (tertiary/aromatic N) is 2. The number of Topliss-reactive ketones (excluding diaryl/α,β-unsaturated/α-hetero) is 1. The van der Waals surface area contributed by atoms with Crippen molar-refractivity contribution in [1.82, 2.24) is 14.8 Å². The lowest BCUT2D eigenvalue weighted by Crippen LogP contribution is -2.51. The first kappa shape index (κ1) is 16.4. The van der Waals surface area contributed by atoms with Crippen LogP contribution < -0.4 is 5.32 Å². The van der Waals surface area contributed by atoms with Gasteiger partial charge in [0.2, 0.25) is 0 Å². The van der Waals surface area contributed by atoms with Crippen LogP contribution in [0.15, 0.2) is 6.07 Å². The topological polar surface area (TPSA) is 71.4 Å². The van der Waals surface area contributed by atoms with E-state index in [1.54, 1.807) is 0 Å². The van der Waals surface area contributed by atoms with Crippen molar-refractivity contribution in [1.29, 1.82) is 0 Å². The van der Waals surface area contributed by atoms with Gasteiger partial charge in [0.1, 0.15) is 5.54 Å². The van der Waals surface area contributed by atoms with Crippen molar-refractivity contribution in [2.45, 2.75) is 58.5 Å². The zero-order chi connectivity index (χ0) is 17.9. The summed E-state index contributed by atoms with van der Waals surface area (Å²) in [5.41, 5.74) is 1.80. The van der Waals surface area contributed by atoms with Crippen molar-refractivity contribution in [3.05, 3.63) is 23.0 Å². The van der Waals surface area contributed by atoms with Gasteiger partial charge in [-0.25, -0.2) is 4.79 Å². The first-order valence-corrected chi connectivity index (χ1v) is 9.24. The molecule has 25 heavy (non-hydrogen) atoms. The molecule has 1 aromatic rings. The Morgan fingerprint density at radius 2 is 1.80 bits per heavy atom. The summed E-state index contributed by atoms with van der Waals surface area (Å²) in [4.78, 5) is 39.5. The third-order valence-electron chi connectivity index (χ3n) is 6.09. The number of nitrogens with one attached hydrogen (secondary N) is 1. The van der Waals surface area contributed by atoms with Crippen LogP contribution in [0.1, 0.15) is 54.4 Å². The Hall–Kier alpha value is -2.11. The molecule has 2 saturated carbocycles. The molecule has 1 saturated heterocycles. The smallest absolute Gasteiger partial charge is 0.325 e. The van der Waals surface area contributed by atoms with E-state index in [0.29, 0.717) is 5.56 Å². The first-order valence-electron chi connectivity index (χ1n) is 9.24. The fourth-order valence-corrected chi connectivity index (χ4v) is 4.52. The zero-order valence-corrected chi connectivity index (χ0v) is 15.1. The second-order valence-corrected chi connectivity index (χ2v) is 7.69. The Morgan fingerprint density at radius 1 is 1.20 bits per heavy atom. The highest BCUT2D eigenvalue weighted by atomic mass is 16.2. The van der Waals surface area contributed by atoms with Crippen LogP contribution in [0, 0.1) is 25.7 Å². The van der Waals surface area contributed by atoms with Crippen LogP contribution in [0.5, 0.6) is 0 Å². The fourth-order valence-electron chi connectivity index (χ4n) is 4.52. The Bertz CT molecular complexity index is 759. The van der Waals surface area contributed by atoms with Gasteiger partial charge >= 0.3 is 6.03 Å². The van der Waals surface area contributed by atoms with Gasteiger partial charge in [0.25, 0.3) is 5.91 Å².